The van der Waals surface area contributed by atoms with Gasteiger partial charge in [0.15, 0.2) is 0 Å². The zero-order valence-electron chi connectivity index (χ0n) is 8.78. The zero-order chi connectivity index (χ0) is 10.7. The molecule has 0 amide bonds. The highest BCUT2D eigenvalue weighted by Crippen LogP contribution is 2.08. The molecule has 0 saturated heterocycles. The molecule has 0 fully saturated rings. The average Bonchev–Trinajstić information content (AvgIpc) is 2.10. The minimum absolute atomic E-state index is 0.0284. The maximum absolute atomic E-state index is 11.4. The summed E-state index contributed by atoms with van der Waals surface area (Å²) in [6.45, 7) is 4.14. The molecule has 0 bridgehead atoms. The summed E-state index contributed by atoms with van der Waals surface area (Å²) in [6, 6.07) is 3.26. The van der Waals surface area contributed by atoms with Crippen LogP contribution in [0.5, 0.6) is 5.75 Å². The summed E-state index contributed by atoms with van der Waals surface area (Å²) in [6.07, 6.45) is 0. The van der Waals surface area contributed by atoms with Crippen molar-refractivity contribution in [1.29, 1.82) is 0 Å². The van der Waals surface area contributed by atoms with E-state index in [1.807, 2.05) is 19.9 Å². The van der Waals surface area contributed by atoms with E-state index in [1.165, 1.54) is 6.07 Å². The van der Waals surface area contributed by atoms with Gasteiger partial charge in [-0.05, 0) is 19.9 Å². The molecule has 1 aromatic rings. The van der Waals surface area contributed by atoms with E-state index in [0.29, 0.717) is 12.4 Å². The molecule has 0 saturated carbocycles. The molecule has 14 heavy (non-hydrogen) atoms. The smallest absolute Gasteiger partial charge is 0.254 e. The van der Waals surface area contributed by atoms with E-state index in [1.54, 1.807) is 11.6 Å². The Labute approximate surface area is 83.3 Å². The molecule has 1 atom stereocenters. The highest BCUT2D eigenvalue weighted by atomic mass is 16.5. The van der Waals surface area contributed by atoms with Crippen LogP contribution in [0.4, 0.5) is 0 Å². The molecule has 0 aromatic carbocycles. The van der Waals surface area contributed by atoms with E-state index in [4.69, 9.17) is 10.5 Å². The second-order valence-corrected chi connectivity index (χ2v) is 3.52. The van der Waals surface area contributed by atoms with Gasteiger partial charge >= 0.3 is 0 Å². The Bertz CT molecular complexity index is 369. The fourth-order valence-electron chi connectivity index (χ4n) is 1.05. The van der Waals surface area contributed by atoms with Crippen molar-refractivity contribution in [2.75, 3.05) is 6.61 Å². The molecule has 1 heterocycles. The fourth-order valence-corrected chi connectivity index (χ4v) is 1.05. The van der Waals surface area contributed by atoms with Gasteiger partial charge in [-0.25, -0.2) is 0 Å². The predicted octanol–water partition coefficient (Wildman–Crippen LogP) is 0.420. The summed E-state index contributed by atoms with van der Waals surface area (Å²) in [7, 11) is 1.73. The molecule has 4 nitrogen and oxygen atoms in total. The third kappa shape index (κ3) is 2.60. The average molecular weight is 196 g/mol. The third-order valence-corrected chi connectivity index (χ3v) is 1.99. The molecular weight excluding hydrogens is 180 g/mol. The Morgan fingerprint density at radius 3 is 2.71 bits per heavy atom. The maximum atomic E-state index is 11.4. The quantitative estimate of drug-likeness (QED) is 0.762. The normalized spacial score (nSPS) is 12.6. The lowest BCUT2D eigenvalue weighted by Gasteiger charge is -2.10. The number of nitrogens with two attached hydrogens (primary N) is 1. The molecule has 78 valence electrons. The van der Waals surface area contributed by atoms with E-state index in [-0.39, 0.29) is 11.6 Å². The molecule has 0 radical (unpaired) electrons. The summed E-state index contributed by atoms with van der Waals surface area (Å²) in [5, 5.41) is 0. The standard InChI is InChI=1S/C10H16N2O2/c1-7(11)6-14-9-4-8(2)12(3)10(13)5-9/h4-5,7H,6,11H2,1-3H3/t7-/m0/s1. The third-order valence-electron chi connectivity index (χ3n) is 1.99. The number of ether oxygens (including phenoxy) is 1. The first-order valence-electron chi connectivity index (χ1n) is 4.56. The van der Waals surface area contributed by atoms with Gasteiger partial charge < -0.3 is 15.0 Å². The summed E-state index contributed by atoms with van der Waals surface area (Å²) in [5.74, 6) is 0.586. The first-order valence-corrected chi connectivity index (χ1v) is 4.56. The van der Waals surface area contributed by atoms with Crippen LogP contribution in [0, 0.1) is 6.92 Å². The summed E-state index contributed by atoms with van der Waals surface area (Å²) in [4.78, 5) is 11.4. The minimum atomic E-state index is -0.0651. The molecule has 4 heteroatoms. The molecule has 1 aromatic heterocycles. The van der Waals surface area contributed by atoms with Crippen LogP contribution < -0.4 is 16.0 Å². The molecule has 1 rings (SSSR count). The van der Waals surface area contributed by atoms with Gasteiger partial charge in [0.2, 0.25) is 0 Å². The van der Waals surface area contributed by atoms with E-state index in [2.05, 4.69) is 0 Å². The SMILES string of the molecule is Cc1cc(OC[C@H](C)N)cc(=O)n1C. The number of pyridine rings is 1. The van der Waals surface area contributed by atoms with Crippen LogP contribution in [-0.4, -0.2) is 17.2 Å². The number of aromatic nitrogens is 1. The van der Waals surface area contributed by atoms with Crippen molar-refractivity contribution < 1.29 is 4.74 Å². The molecule has 0 aliphatic carbocycles. The lowest BCUT2D eigenvalue weighted by atomic mass is 10.3. The lowest BCUT2D eigenvalue weighted by Crippen LogP contribution is -2.25. The van der Waals surface area contributed by atoms with Crippen LogP contribution in [0.3, 0.4) is 0 Å². The van der Waals surface area contributed by atoms with Crippen molar-refractivity contribution in [3.05, 3.63) is 28.2 Å². The van der Waals surface area contributed by atoms with Crippen LogP contribution in [0.25, 0.3) is 0 Å². The zero-order valence-corrected chi connectivity index (χ0v) is 8.78. The predicted molar refractivity (Wildman–Crippen MR) is 55.6 cm³/mol. The summed E-state index contributed by atoms with van der Waals surface area (Å²) in [5.41, 5.74) is 6.35. The number of hydrogen-bond donors (Lipinski definition) is 1. The van der Waals surface area contributed by atoms with Gasteiger partial charge in [0.1, 0.15) is 12.4 Å². The van der Waals surface area contributed by atoms with Gasteiger partial charge in [0, 0.05) is 24.8 Å². The number of hydrogen-bond acceptors (Lipinski definition) is 3. The number of aryl methyl sites for hydroxylation is 1. The van der Waals surface area contributed by atoms with Gasteiger partial charge in [-0.15, -0.1) is 0 Å². The second kappa shape index (κ2) is 4.28. The van der Waals surface area contributed by atoms with Gasteiger partial charge in [0.05, 0.1) is 0 Å². The lowest BCUT2D eigenvalue weighted by molar-refractivity contribution is 0.295. The van der Waals surface area contributed by atoms with Crippen molar-refractivity contribution in [3.8, 4) is 5.75 Å². The molecule has 0 unspecified atom stereocenters. The highest BCUT2D eigenvalue weighted by Gasteiger charge is 2.01. The van der Waals surface area contributed by atoms with Gasteiger partial charge in [-0.1, -0.05) is 0 Å². The monoisotopic (exact) mass is 196 g/mol. The first-order chi connectivity index (χ1) is 6.50. The van der Waals surface area contributed by atoms with Crippen LogP contribution in [0.15, 0.2) is 16.9 Å². The Kier molecular flexibility index (Phi) is 3.30. The van der Waals surface area contributed by atoms with Crippen molar-refractivity contribution in [2.45, 2.75) is 19.9 Å². The van der Waals surface area contributed by atoms with Gasteiger partial charge in [-0.2, -0.15) is 0 Å². The second-order valence-electron chi connectivity index (χ2n) is 3.52. The van der Waals surface area contributed by atoms with Gasteiger partial charge in [0.25, 0.3) is 5.56 Å². The van der Waals surface area contributed by atoms with E-state index in [0.717, 1.165) is 5.69 Å². The Morgan fingerprint density at radius 1 is 1.57 bits per heavy atom. The van der Waals surface area contributed by atoms with Crippen molar-refractivity contribution in [3.63, 3.8) is 0 Å². The molecule has 0 aliphatic heterocycles. The minimum Gasteiger partial charge on any atom is -0.492 e. The number of nitrogens with zero attached hydrogens (tertiary/aromatic N) is 1. The summed E-state index contributed by atoms with van der Waals surface area (Å²) < 4.78 is 6.91. The van der Waals surface area contributed by atoms with E-state index >= 15 is 0 Å². The maximum Gasteiger partial charge on any atom is 0.254 e. The Balaban J connectivity index is 2.85. The topological polar surface area (TPSA) is 57.2 Å². The molecular formula is C10H16N2O2. The molecule has 0 spiro atoms. The summed E-state index contributed by atoms with van der Waals surface area (Å²) >= 11 is 0. The van der Waals surface area contributed by atoms with Crippen LogP contribution in [0.1, 0.15) is 12.6 Å². The number of rotatable bonds is 3. The van der Waals surface area contributed by atoms with Crippen molar-refractivity contribution >= 4 is 0 Å². The Hall–Kier alpha value is -1.29. The van der Waals surface area contributed by atoms with Crippen LogP contribution in [-0.2, 0) is 7.05 Å². The molecule has 2 N–H and O–H groups in total. The fraction of sp³-hybridized carbons (Fsp3) is 0.500. The van der Waals surface area contributed by atoms with E-state index < -0.39 is 0 Å². The van der Waals surface area contributed by atoms with Crippen molar-refractivity contribution in [2.24, 2.45) is 12.8 Å². The van der Waals surface area contributed by atoms with Gasteiger partial charge in [-0.3, -0.25) is 4.79 Å². The highest BCUT2D eigenvalue weighted by molar-refractivity contribution is 5.22. The van der Waals surface area contributed by atoms with Crippen molar-refractivity contribution in [1.82, 2.24) is 4.57 Å². The van der Waals surface area contributed by atoms with Crippen LogP contribution >= 0.6 is 0 Å². The first kappa shape index (κ1) is 10.8. The van der Waals surface area contributed by atoms with Crippen LogP contribution in [0.2, 0.25) is 0 Å². The molecule has 0 aliphatic rings. The largest absolute Gasteiger partial charge is 0.492 e. The van der Waals surface area contributed by atoms with E-state index in [9.17, 15) is 4.79 Å². The Morgan fingerprint density at radius 2 is 2.21 bits per heavy atom.